The quantitative estimate of drug-likeness (QED) is 0.0160. The van der Waals surface area contributed by atoms with Gasteiger partial charge in [-0.3, -0.25) is 67.3 Å². The first-order chi connectivity index (χ1) is 44.1. The highest BCUT2D eigenvalue weighted by Gasteiger charge is 2.35. The van der Waals surface area contributed by atoms with Crippen molar-refractivity contribution in [1.82, 2.24) is 42.5 Å². The fraction of sp³-hybridized carbons (Fsp3) is 0.542. The Balaban J connectivity index is 1.44. The van der Waals surface area contributed by atoms with Gasteiger partial charge in [0.05, 0.1) is 62.2 Å². The highest BCUT2D eigenvalue weighted by Crippen LogP contribution is 2.27. The number of benzene rings is 2. The normalized spacial score (nSPS) is 21.2. The van der Waals surface area contributed by atoms with E-state index in [0.29, 0.717) is 11.1 Å². The summed E-state index contributed by atoms with van der Waals surface area (Å²) >= 11 is 0.966. The van der Waals surface area contributed by atoms with Gasteiger partial charge in [-0.2, -0.15) is 0 Å². The zero-order valence-corrected chi connectivity index (χ0v) is 53.4. The van der Waals surface area contributed by atoms with Crippen LogP contribution in [-0.2, 0) is 83.1 Å². The maximum Gasteiger partial charge on any atom is 0.304 e. The standard InChI is InChI=1S/C59H81FN12O17S3/c1-36(73)45-32-90-35-53(80)69-44(11-5-6-16-63-50(77)29-88-30-51(78)64-18-20-87-21-19-65-52(79)31-89-68-27-38-12-14-42(60)15-13-38)58(86)72-47-34-92-91-33-46(49(76)25-40(56(84)70-45)22-37-8-3-2-4-9-37)71-57(85)41(26-54(81)82)23-43(74)28-67-55(83)39(24-48(47)75)10-7-17-66-59(61)62/h2-4,8-9,12-15,27,39-41,44-47H,5-7,10-11,16-26,28-35H2,1H3,(H,63,77)(H,64,78)(H,65,79)(H,67,83)(H,69,80)(H,70,84)(H,71,85)(H,72,86)(H,81,82)(H4,61,62,66)/b68-27-/t39-,40-,41+,44+,45+,46+,47+/m1/s1/i60-1. The highest BCUT2D eigenvalue weighted by atomic mass is 33.1. The molecule has 33 heteroatoms. The minimum Gasteiger partial charge on any atom is -0.481 e. The number of Topliss-reactive ketones (excluding diaryl/α,β-unsaturated/α-hetero) is 4. The van der Waals surface area contributed by atoms with E-state index in [1.54, 1.807) is 30.3 Å². The summed E-state index contributed by atoms with van der Waals surface area (Å²) in [6, 6.07) is 8.97. The molecule has 13 N–H and O–H groups in total. The van der Waals surface area contributed by atoms with Crippen molar-refractivity contribution in [3.63, 3.8) is 0 Å². The van der Waals surface area contributed by atoms with E-state index in [2.05, 4.69) is 52.7 Å². The fourth-order valence-corrected chi connectivity index (χ4v) is 12.3. The number of unbranched alkanes of at least 4 members (excludes halogenated alkanes) is 1. The predicted octanol–water partition coefficient (Wildman–Crippen LogP) is -0.988. The Kier molecular flexibility index (Phi) is 35.7. The predicted molar refractivity (Wildman–Crippen MR) is 340 cm³/mol. The van der Waals surface area contributed by atoms with Gasteiger partial charge in [-0.05, 0) is 68.7 Å². The summed E-state index contributed by atoms with van der Waals surface area (Å²) in [5.41, 5.74) is 12.2. The van der Waals surface area contributed by atoms with Gasteiger partial charge in [-0.25, -0.2) is 4.39 Å². The molecule has 0 aromatic heterocycles. The Bertz CT molecular complexity index is 2890. The number of ketones is 4. The molecule has 2 bridgehead atoms. The Morgan fingerprint density at radius 3 is 1.91 bits per heavy atom. The van der Waals surface area contributed by atoms with E-state index in [0.717, 1.165) is 33.3 Å². The molecule has 4 rings (SSSR count). The first-order valence-corrected chi connectivity index (χ1v) is 33.3. The molecule has 92 heavy (non-hydrogen) atoms. The van der Waals surface area contributed by atoms with E-state index in [4.69, 9.17) is 25.8 Å². The van der Waals surface area contributed by atoms with E-state index >= 15 is 0 Å². The zero-order chi connectivity index (χ0) is 67.2. The maximum absolute atomic E-state index is 14.5. The average molecular weight is 1340 g/mol. The monoisotopic (exact) mass is 1340 g/mol. The molecule has 8 amide bonds. The van der Waals surface area contributed by atoms with Crippen LogP contribution in [0.5, 0.6) is 0 Å². The van der Waals surface area contributed by atoms with E-state index in [1.807, 2.05) is 0 Å². The van der Waals surface area contributed by atoms with Crippen molar-refractivity contribution in [3.05, 3.63) is 71.5 Å². The second-order valence-corrected chi connectivity index (χ2v) is 24.9. The lowest BCUT2D eigenvalue weighted by Crippen LogP contribution is -2.53. The number of halogens is 1. The number of carbonyl (C=O) groups is 13. The number of carbonyl (C=O) groups excluding carboxylic acids is 12. The number of nitrogens with one attached hydrogen (secondary N) is 8. The summed E-state index contributed by atoms with van der Waals surface area (Å²) in [5, 5.41) is 34.5. The maximum atomic E-state index is 14.5. The molecule has 7 atom stereocenters. The number of carboxylic acids is 1. The Hall–Kier alpha value is -8.01. The van der Waals surface area contributed by atoms with Gasteiger partial charge >= 0.3 is 5.97 Å². The lowest BCUT2D eigenvalue weighted by molar-refractivity contribution is -0.142. The summed E-state index contributed by atoms with van der Waals surface area (Å²) in [7, 11) is 2.00. The van der Waals surface area contributed by atoms with Crippen LogP contribution < -0.4 is 54.0 Å². The Labute approximate surface area is 543 Å². The van der Waals surface area contributed by atoms with Gasteiger partial charge < -0.3 is 73.4 Å². The molecule has 2 aliphatic rings. The number of thioether (sulfide) groups is 1. The molecule has 2 aliphatic heterocycles. The van der Waals surface area contributed by atoms with Gasteiger partial charge in [0.25, 0.3) is 5.91 Å². The molecule has 0 saturated carbocycles. The highest BCUT2D eigenvalue weighted by molar-refractivity contribution is 8.76. The molecule has 0 radical (unpaired) electrons. The van der Waals surface area contributed by atoms with E-state index in [9.17, 15) is 71.8 Å². The van der Waals surface area contributed by atoms with Crippen LogP contribution >= 0.6 is 33.3 Å². The van der Waals surface area contributed by atoms with Gasteiger partial charge in [-0.1, -0.05) is 69.2 Å². The van der Waals surface area contributed by atoms with Gasteiger partial charge in [0, 0.05) is 74.5 Å². The number of ether oxygens (including phenoxy) is 2. The number of aliphatic carboxylic acids is 1. The number of amides is 8. The summed E-state index contributed by atoms with van der Waals surface area (Å²) in [5.74, 6) is -14.6. The topological polar surface area (TPSA) is 443 Å². The Morgan fingerprint density at radius 2 is 1.28 bits per heavy atom. The van der Waals surface area contributed by atoms with Crippen molar-refractivity contribution in [3.8, 4) is 0 Å². The third-order valence-corrected chi connectivity index (χ3v) is 17.3. The molecular weight excluding hydrogens is 1260 g/mol. The average Bonchev–Trinajstić information content (AvgIpc) is 2.56. The number of nitrogens with zero attached hydrogens (tertiary/aromatic N) is 2. The van der Waals surface area contributed by atoms with Crippen LogP contribution in [0.25, 0.3) is 0 Å². The molecule has 0 aliphatic carbocycles. The molecule has 2 aromatic rings. The number of aliphatic imine (C=N–C) groups is 1. The molecule has 0 unspecified atom stereocenters. The number of oxime groups is 1. The molecule has 2 fully saturated rings. The first kappa shape index (κ1) is 76.4. The number of nitrogens with two attached hydrogens (primary N) is 2. The molecule has 29 nitrogen and oxygen atoms in total. The third-order valence-electron chi connectivity index (χ3n) is 13.8. The SMILES string of the molecule is CC(=O)[C@@H]1CSCC(=O)N[C@@H](CCCCNC(=O)COCC(=O)NCCOCCNC(=O)CO/N=C\c2ccc([18F])cc2)C(=O)N[C@H]2CSSC[C@H](NC(=O)[C@H](CC(=O)O)CC(=O)CNC(=O)[C@H](CCCN=C(N)N)CC2=O)C(=O)C[C@@H](Cc2ccccc2)C(=O)N1. The largest absolute Gasteiger partial charge is 0.481 e. The van der Waals surface area contributed by atoms with Crippen LogP contribution in [0.3, 0.4) is 0 Å². The molecule has 2 heterocycles. The van der Waals surface area contributed by atoms with Crippen LogP contribution in [-0.4, -0.2) is 207 Å². The smallest absolute Gasteiger partial charge is 0.304 e. The van der Waals surface area contributed by atoms with Crippen molar-refractivity contribution in [1.29, 1.82) is 0 Å². The van der Waals surface area contributed by atoms with Crippen LogP contribution in [0.1, 0.15) is 75.8 Å². The lowest BCUT2D eigenvalue weighted by Gasteiger charge is -2.26. The number of guanidine groups is 1. The number of hydrogen-bond donors (Lipinski definition) is 11. The van der Waals surface area contributed by atoms with Crippen LogP contribution in [0.2, 0.25) is 0 Å². The van der Waals surface area contributed by atoms with Crippen LogP contribution in [0.4, 0.5) is 4.39 Å². The summed E-state index contributed by atoms with van der Waals surface area (Å²) in [6.07, 6.45) is -0.473. The molecule has 504 valence electrons. The zero-order valence-electron chi connectivity index (χ0n) is 50.9. The summed E-state index contributed by atoms with van der Waals surface area (Å²) in [6.45, 7) is -0.106. The Morgan fingerprint density at radius 1 is 0.674 bits per heavy atom. The molecule has 0 spiro atoms. The molecule has 2 aromatic carbocycles. The van der Waals surface area contributed by atoms with Crippen molar-refractivity contribution in [2.24, 2.45) is 39.4 Å². The van der Waals surface area contributed by atoms with Gasteiger partial charge in [-0.15, -0.1) is 11.8 Å². The van der Waals surface area contributed by atoms with Gasteiger partial charge in [0.2, 0.25) is 41.4 Å². The number of hydrogen-bond acceptors (Lipinski definition) is 21. The van der Waals surface area contributed by atoms with Crippen LogP contribution in [0.15, 0.2) is 64.7 Å². The summed E-state index contributed by atoms with van der Waals surface area (Å²) in [4.78, 5) is 183. The number of carboxylic acid groups (broad SMARTS) is 1. The van der Waals surface area contributed by atoms with Crippen molar-refractivity contribution in [2.75, 3.05) is 88.8 Å². The minimum absolute atomic E-state index is 0.0106. The number of fused-ring (bicyclic) bond motifs is 5. The van der Waals surface area contributed by atoms with E-state index in [-0.39, 0.29) is 113 Å². The van der Waals surface area contributed by atoms with Gasteiger partial charge in [0.1, 0.15) is 25.1 Å². The third kappa shape index (κ3) is 31.8. The number of rotatable bonds is 28. The van der Waals surface area contributed by atoms with Crippen molar-refractivity contribution >= 4 is 122 Å². The van der Waals surface area contributed by atoms with Gasteiger partial charge in [0.15, 0.2) is 35.7 Å². The fourth-order valence-electron chi connectivity index (χ4n) is 8.95. The summed E-state index contributed by atoms with van der Waals surface area (Å²) < 4.78 is 23.7. The first-order valence-electron chi connectivity index (χ1n) is 29.6. The molecular formula is C59H81FN12O17S3. The second kappa shape index (κ2) is 42.9. The van der Waals surface area contributed by atoms with Crippen molar-refractivity contribution < 1.29 is 86.1 Å². The van der Waals surface area contributed by atoms with E-state index in [1.165, 1.54) is 37.4 Å². The van der Waals surface area contributed by atoms with Crippen LogP contribution in [0, 0.1) is 23.6 Å². The van der Waals surface area contributed by atoms with Crippen molar-refractivity contribution in [2.45, 2.75) is 95.3 Å². The molecule has 2 saturated heterocycles. The van der Waals surface area contributed by atoms with E-state index < -0.39 is 170 Å². The lowest BCUT2D eigenvalue weighted by atomic mass is 9.90. The minimum atomic E-state index is -1.51. The second-order valence-electron chi connectivity index (χ2n) is 21.3.